The van der Waals surface area contributed by atoms with Gasteiger partial charge in [-0.05, 0) is 5.56 Å². The van der Waals surface area contributed by atoms with Gasteiger partial charge in [-0.1, -0.05) is 36.4 Å². The van der Waals surface area contributed by atoms with Crippen molar-refractivity contribution in [3.8, 4) is 0 Å². The Bertz CT molecular complexity index is 408. The number of carbonyl (C=O) groups excluding carboxylic acids is 1. The number of esters is 1. The van der Waals surface area contributed by atoms with E-state index in [-0.39, 0.29) is 12.4 Å². The molecule has 0 aliphatic carbocycles. The number of benzene rings is 1. The molecule has 0 saturated heterocycles. The minimum Gasteiger partial charge on any atom is -0.469 e. The molecule has 0 saturated carbocycles. The molecule has 0 N–H and O–H groups in total. The first-order valence-electron chi connectivity index (χ1n) is 5.60. The third-order valence-corrected chi connectivity index (χ3v) is 2.49. The van der Waals surface area contributed by atoms with Crippen LogP contribution < -0.4 is 0 Å². The van der Waals surface area contributed by atoms with Gasteiger partial charge < -0.3 is 14.2 Å². The molecule has 98 valence electrons. The van der Waals surface area contributed by atoms with Gasteiger partial charge >= 0.3 is 5.97 Å². The maximum Gasteiger partial charge on any atom is 0.309 e. The zero-order valence-corrected chi connectivity index (χ0v) is 10.9. The lowest BCUT2D eigenvalue weighted by molar-refractivity contribution is -0.139. The number of methoxy groups -OCH3 is 3. The van der Waals surface area contributed by atoms with Crippen LogP contribution in [0.3, 0.4) is 0 Å². The summed E-state index contributed by atoms with van der Waals surface area (Å²) in [5.41, 5.74) is 1.87. The van der Waals surface area contributed by atoms with Gasteiger partial charge in [0.15, 0.2) is 6.29 Å². The monoisotopic (exact) mass is 250 g/mol. The topological polar surface area (TPSA) is 44.8 Å². The highest BCUT2D eigenvalue weighted by Gasteiger charge is 2.11. The van der Waals surface area contributed by atoms with Crippen LogP contribution in [-0.2, 0) is 19.0 Å². The van der Waals surface area contributed by atoms with E-state index in [0.717, 1.165) is 11.1 Å². The van der Waals surface area contributed by atoms with Crippen LogP contribution in [-0.4, -0.2) is 27.3 Å². The summed E-state index contributed by atoms with van der Waals surface area (Å²) in [7, 11) is 4.54. The van der Waals surface area contributed by atoms with Gasteiger partial charge in [-0.25, -0.2) is 0 Å². The predicted molar refractivity (Wildman–Crippen MR) is 68.9 cm³/mol. The summed E-state index contributed by atoms with van der Waals surface area (Å²) >= 11 is 0. The van der Waals surface area contributed by atoms with Crippen LogP contribution in [0.1, 0.15) is 23.8 Å². The second-order valence-electron chi connectivity index (χ2n) is 3.61. The Hall–Kier alpha value is -1.65. The molecule has 0 aliphatic heterocycles. The number of hydrogen-bond donors (Lipinski definition) is 0. The Kier molecular flexibility index (Phi) is 6.11. The average Bonchev–Trinajstić information content (AvgIpc) is 2.41. The molecular weight excluding hydrogens is 232 g/mol. The summed E-state index contributed by atoms with van der Waals surface area (Å²) in [6.45, 7) is 0. The van der Waals surface area contributed by atoms with Crippen molar-refractivity contribution in [3.63, 3.8) is 0 Å². The second-order valence-corrected chi connectivity index (χ2v) is 3.61. The van der Waals surface area contributed by atoms with Crippen LogP contribution in [0.4, 0.5) is 0 Å². The van der Waals surface area contributed by atoms with Gasteiger partial charge in [0.1, 0.15) is 0 Å². The standard InChI is InChI=1S/C14H18O4/c1-16-13(15)10-6-8-11-7-4-5-9-12(11)14(17-2)18-3/h4-9,14H,10H2,1-3H3. The molecule has 0 unspecified atom stereocenters. The molecule has 0 heterocycles. The second kappa shape index (κ2) is 7.63. The lowest BCUT2D eigenvalue weighted by atomic mass is 10.1. The molecule has 0 bridgehead atoms. The van der Waals surface area contributed by atoms with Crippen LogP contribution in [0, 0.1) is 0 Å². The molecule has 0 amide bonds. The third-order valence-electron chi connectivity index (χ3n) is 2.49. The molecule has 0 radical (unpaired) electrons. The largest absolute Gasteiger partial charge is 0.469 e. The van der Waals surface area contributed by atoms with Gasteiger partial charge in [0, 0.05) is 19.8 Å². The quantitative estimate of drug-likeness (QED) is 0.575. The van der Waals surface area contributed by atoms with Crippen LogP contribution in [0.5, 0.6) is 0 Å². The summed E-state index contributed by atoms with van der Waals surface area (Å²) in [4.78, 5) is 11.0. The van der Waals surface area contributed by atoms with Crippen molar-refractivity contribution in [2.45, 2.75) is 12.7 Å². The van der Waals surface area contributed by atoms with Crippen LogP contribution >= 0.6 is 0 Å². The predicted octanol–water partition coefficient (Wildman–Crippen LogP) is 2.55. The summed E-state index contributed by atoms with van der Waals surface area (Å²) < 4.78 is 15.0. The Morgan fingerprint density at radius 3 is 2.50 bits per heavy atom. The lowest BCUT2D eigenvalue weighted by Crippen LogP contribution is -2.05. The van der Waals surface area contributed by atoms with Crippen molar-refractivity contribution in [3.05, 3.63) is 41.5 Å². The summed E-state index contributed by atoms with van der Waals surface area (Å²) in [5, 5.41) is 0. The molecule has 1 aromatic rings. The van der Waals surface area contributed by atoms with E-state index in [1.807, 2.05) is 30.3 Å². The Balaban J connectivity index is 2.85. The van der Waals surface area contributed by atoms with E-state index in [9.17, 15) is 4.79 Å². The molecule has 1 aromatic carbocycles. The SMILES string of the molecule is COC(=O)CC=Cc1ccccc1C(OC)OC. The highest BCUT2D eigenvalue weighted by Crippen LogP contribution is 2.22. The Morgan fingerprint density at radius 2 is 1.89 bits per heavy atom. The van der Waals surface area contributed by atoms with Crippen LogP contribution in [0.25, 0.3) is 6.08 Å². The van der Waals surface area contributed by atoms with E-state index in [2.05, 4.69) is 4.74 Å². The summed E-state index contributed by atoms with van der Waals surface area (Å²) in [6.07, 6.45) is 3.45. The van der Waals surface area contributed by atoms with Crippen molar-refractivity contribution in [1.29, 1.82) is 0 Å². The maximum absolute atomic E-state index is 11.0. The van der Waals surface area contributed by atoms with Gasteiger partial charge in [0.05, 0.1) is 13.5 Å². The summed E-state index contributed by atoms with van der Waals surface area (Å²) in [5.74, 6) is -0.265. The maximum atomic E-state index is 11.0. The molecule has 0 aromatic heterocycles. The molecule has 0 aliphatic rings. The fourth-order valence-corrected chi connectivity index (χ4v) is 1.59. The number of hydrogen-bond acceptors (Lipinski definition) is 4. The molecule has 0 atom stereocenters. The van der Waals surface area contributed by atoms with E-state index >= 15 is 0 Å². The number of carbonyl (C=O) groups is 1. The molecule has 4 heteroatoms. The van der Waals surface area contributed by atoms with Crippen molar-refractivity contribution in [2.75, 3.05) is 21.3 Å². The minimum absolute atomic E-state index is 0.246. The van der Waals surface area contributed by atoms with Gasteiger partial charge in [0.2, 0.25) is 0 Å². The van der Waals surface area contributed by atoms with E-state index in [1.165, 1.54) is 7.11 Å². The van der Waals surface area contributed by atoms with Crippen LogP contribution in [0.15, 0.2) is 30.3 Å². The normalized spacial score (nSPS) is 11.1. The zero-order chi connectivity index (χ0) is 13.4. The molecule has 0 fully saturated rings. The van der Waals surface area contributed by atoms with Crippen molar-refractivity contribution < 1.29 is 19.0 Å². The van der Waals surface area contributed by atoms with Gasteiger partial charge in [-0.3, -0.25) is 4.79 Å². The third kappa shape index (κ3) is 3.98. The average molecular weight is 250 g/mol. The summed E-state index contributed by atoms with van der Waals surface area (Å²) in [6, 6.07) is 7.70. The first kappa shape index (κ1) is 14.4. The van der Waals surface area contributed by atoms with Gasteiger partial charge in [-0.15, -0.1) is 0 Å². The minimum atomic E-state index is -0.413. The van der Waals surface area contributed by atoms with Crippen molar-refractivity contribution in [1.82, 2.24) is 0 Å². The molecule has 4 nitrogen and oxygen atoms in total. The zero-order valence-electron chi connectivity index (χ0n) is 10.9. The van der Waals surface area contributed by atoms with Crippen molar-refractivity contribution in [2.24, 2.45) is 0 Å². The molecule has 0 spiro atoms. The number of ether oxygens (including phenoxy) is 3. The smallest absolute Gasteiger partial charge is 0.309 e. The first-order valence-corrected chi connectivity index (χ1v) is 5.60. The first-order chi connectivity index (χ1) is 8.72. The molecular formula is C14H18O4. The fourth-order valence-electron chi connectivity index (χ4n) is 1.59. The highest BCUT2D eigenvalue weighted by molar-refractivity contribution is 5.72. The van der Waals surface area contributed by atoms with Gasteiger partial charge in [-0.2, -0.15) is 0 Å². The highest BCUT2D eigenvalue weighted by atomic mass is 16.7. The fraction of sp³-hybridized carbons (Fsp3) is 0.357. The molecule has 18 heavy (non-hydrogen) atoms. The van der Waals surface area contributed by atoms with Crippen molar-refractivity contribution >= 4 is 12.0 Å². The van der Waals surface area contributed by atoms with Gasteiger partial charge in [0.25, 0.3) is 0 Å². The molecule has 1 rings (SSSR count). The number of rotatable bonds is 6. The van der Waals surface area contributed by atoms with E-state index < -0.39 is 6.29 Å². The van der Waals surface area contributed by atoms with Crippen LogP contribution in [0.2, 0.25) is 0 Å². The Labute approximate surface area is 107 Å². The Morgan fingerprint density at radius 1 is 1.22 bits per heavy atom. The van der Waals surface area contributed by atoms with E-state index in [4.69, 9.17) is 9.47 Å². The lowest BCUT2D eigenvalue weighted by Gasteiger charge is -2.15. The van der Waals surface area contributed by atoms with E-state index in [0.29, 0.717) is 0 Å². The van der Waals surface area contributed by atoms with E-state index in [1.54, 1.807) is 20.3 Å².